The second kappa shape index (κ2) is 5.41. The SMILES string of the molecule is Cc1ccc(NCCc2ccc(Br)s2)nn1. The molecule has 0 aliphatic carbocycles. The maximum Gasteiger partial charge on any atom is 0.148 e. The van der Waals surface area contributed by atoms with Gasteiger partial charge in [-0.25, -0.2) is 0 Å². The number of hydrogen-bond donors (Lipinski definition) is 1. The summed E-state index contributed by atoms with van der Waals surface area (Å²) in [5, 5.41) is 11.3. The maximum atomic E-state index is 4.05. The molecule has 0 saturated heterocycles. The van der Waals surface area contributed by atoms with Gasteiger partial charge in [-0.3, -0.25) is 0 Å². The maximum absolute atomic E-state index is 4.05. The molecule has 0 aromatic carbocycles. The quantitative estimate of drug-likeness (QED) is 0.941. The van der Waals surface area contributed by atoms with E-state index in [1.807, 2.05) is 19.1 Å². The third-order valence-corrected chi connectivity index (χ3v) is 3.79. The van der Waals surface area contributed by atoms with Crippen molar-refractivity contribution in [2.45, 2.75) is 13.3 Å². The number of thiophene rings is 1. The molecule has 84 valence electrons. The fourth-order valence-corrected chi connectivity index (χ4v) is 2.78. The minimum Gasteiger partial charge on any atom is -0.368 e. The van der Waals surface area contributed by atoms with Crippen LogP contribution in [0.1, 0.15) is 10.6 Å². The normalized spacial score (nSPS) is 10.4. The first-order valence-corrected chi connectivity index (χ1v) is 6.63. The van der Waals surface area contributed by atoms with Crippen LogP contribution in [0.25, 0.3) is 0 Å². The van der Waals surface area contributed by atoms with E-state index in [1.54, 1.807) is 11.3 Å². The van der Waals surface area contributed by atoms with Crippen molar-refractivity contribution in [3.8, 4) is 0 Å². The smallest absolute Gasteiger partial charge is 0.148 e. The second-order valence-electron chi connectivity index (χ2n) is 3.44. The third kappa shape index (κ3) is 3.28. The van der Waals surface area contributed by atoms with Gasteiger partial charge in [0, 0.05) is 11.4 Å². The summed E-state index contributed by atoms with van der Waals surface area (Å²) < 4.78 is 1.18. The number of nitrogens with zero attached hydrogens (tertiary/aromatic N) is 2. The van der Waals surface area contributed by atoms with Crippen molar-refractivity contribution in [1.82, 2.24) is 10.2 Å². The Labute approximate surface area is 107 Å². The monoisotopic (exact) mass is 297 g/mol. The zero-order valence-electron chi connectivity index (χ0n) is 8.90. The topological polar surface area (TPSA) is 37.8 Å². The lowest BCUT2D eigenvalue weighted by Gasteiger charge is -2.03. The number of anilines is 1. The van der Waals surface area contributed by atoms with E-state index < -0.39 is 0 Å². The summed E-state index contributed by atoms with van der Waals surface area (Å²) in [4.78, 5) is 1.36. The van der Waals surface area contributed by atoms with E-state index in [4.69, 9.17) is 0 Å². The molecule has 16 heavy (non-hydrogen) atoms. The van der Waals surface area contributed by atoms with Crippen molar-refractivity contribution in [3.63, 3.8) is 0 Å². The number of nitrogens with one attached hydrogen (secondary N) is 1. The van der Waals surface area contributed by atoms with Crippen LogP contribution < -0.4 is 5.32 Å². The molecule has 0 aliphatic heterocycles. The highest BCUT2D eigenvalue weighted by Gasteiger charge is 1.98. The van der Waals surface area contributed by atoms with Crippen LogP contribution in [0.2, 0.25) is 0 Å². The average molecular weight is 298 g/mol. The van der Waals surface area contributed by atoms with Gasteiger partial charge >= 0.3 is 0 Å². The van der Waals surface area contributed by atoms with Crippen molar-refractivity contribution >= 4 is 33.1 Å². The van der Waals surface area contributed by atoms with E-state index in [9.17, 15) is 0 Å². The molecule has 0 radical (unpaired) electrons. The number of aromatic nitrogens is 2. The summed E-state index contributed by atoms with van der Waals surface area (Å²) >= 11 is 5.22. The van der Waals surface area contributed by atoms with Gasteiger partial charge in [0.05, 0.1) is 9.48 Å². The molecular formula is C11H12BrN3S. The molecule has 0 bridgehead atoms. The zero-order valence-corrected chi connectivity index (χ0v) is 11.3. The summed E-state index contributed by atoms with van der Waals surface area (Å²) in [6.07, 6.45) is 1.01. The Morgan fingerprint density at radius 3 is 2.75 bits per heavy atom. The number of halogens is 1. The Hall–Kier alpha value is -0.940. The highest BCUT2D eigenvalue weighted by Crippen LogP contribution is 2.22. The standard InChI is InChI=1S/C11H12BrN3S/c1-8-2-5-11(15-14-8)13-7-6-9-3-4-10(12)16-9/h2-5H,6-7H2,1H3,(H,13,15). The van der Waals surface area contributed by atoms with Crippen molar-refractivity contribution in [2.24, 2.45) is 0 Å². The molecule has 3 nitrogen and oxygen atoms in total. The molecule has 0 fully saturated rings. The molecule has 1 N–H and O–H groups in total. The predicted molar refractivity (Wildman–Crippen MR) is 71.0 cm³/mol. The van der Waals surface area contributed by atoms with E-state index in [-0.39, 0.29) is 0 Å². The van der Waals surface area contributed by atoms with Gasteiger partial charge in [-0.15, -0.1) is 16.4 Å². The fraction of sp³-hybridized carbons (Fsp3) is 0.273. The molecular weight excluding hydrogens is 286 g/mol. The minimum absolute atomic E-state index is 0.834. The minimum atomic E-state index is 0.834. The van der Waals surface area contributed by atoms with Gasteiger partial charge < -0.3 is 5.32 Å². The highest BCUT2D eigenvalue weighted by atomic mass is 79.9. The largest absolute Gasteiger partial charge is 0.368 e. The van der Waals surface area contributed by atoms with E-state index in [0.717, 1.165) is 24.5 Å². The Balaban J connectivity index is 1.82. The summed E-state index contributed by atoms with van der Waals surface area (Å²) in [5.74, 6) is 0.834. The van der Waals surface area contributed by atoms with Crippen LogP contribution in [0.4, 0.5) is 5.82 Å². The molecule has 2 aromatic heterocycles. The predicted octanol–water partition coefficient (Wildman–Crippen LogP) is 3.26. The summed E-state index contributed by atoms with van der Waals surface area (Å²) in [5.41, 5.74) is 0.938. The van der Waals surface area contributed by atoms with Gasteiger partial charge in [-0.1, -0.05) is 0 Å². The van der Waals surface area contributed by atoms with Gasteiger partial charge in [0.25, 0.3) is 0 Å². The van der Waals surface area contributed by atoms with Crippen LogP contribution in [0.3, 0.4) is 0 Å². The van der Waals surface area contributed by atoms with Gasteiger partial charge in [-0.05, 0) is 53.5 Å². The van der Waals surface area contributed by atoms with E-state index >= 15 is 0 Å². The Morgan fingerprint density at radius 2 is 2.12 bits per heavy atom. The van der Waals surface area contributed by atoms with Crippen LogP contribution in [-0.2, 0) is 6.42 Å². The lowest BCUT2D eigenvalue weighted by atomic mass is 10.3. The van der Waals surface area contributed by atoms with Crippen LogP contribution in [0, 0.1) is 6.92 Å². The van der Waals surface area contributed by atoms with Gasteiger partial charge in [-0.2, -0.15) is 5.10 Å². The van der Waals surface area contributed by atoms with Crippen molar-refractivity contribution < 1.29 is 0 Å². The molecule has 5 heteroatoms. The Kier molecular flexibility index (Phi) is 3.90. The summed E-state index contributed by atoms with van der Waals surface area (Å²) in [6.45, 7) is 2.81. The molecule has 2 rings (SSSR count). The van der Waals surface area contributed by atoms with Crippen LogP contribution in [0.15, 0.2) is 28.1 Å². The Bertz CT molecular complexity index is 453. The molecule has 0 unspecified atom stereocenters. The highest BCUT2D eigenvalue weighted by molar-refractivity contribution is 9.11. The fourth-order valence-electron chi connectivity index (χ4n) is 1.29. The first kappa shape index (κ1) is 11.5. The molecule has 0 spiro atoms. The van der Waals surface area contributed by atoms with Crippen LogP contribution in [0.5, 0.6) is 0 Å². The van der Waals surface area contributed by atoms with Crippen molar-refractivity contribution in [3.05, 3.63) is 38.6 Å². The molecule has 0 atom stereocenters. The van der Waals surface area contributed by atoms with Gasteiger partial charge in [0.2, 0.25) is 0 Å². The molecule has 0 amide bonds. The van der Waals surface area contributed by atoms with E-state index in [2.05, 4.69) is 43.6 Å². The molecule has 2 aromatic rings. The second-order valence-corrected chi connectivity index (χ2v) is 5.99. The number of hydrogen-bond acceptors (Lipinski definition) is 4. The number of aryl methyl sites for hydroxylation is 1. The Morgan fingerprint density at radius 1 is 1.25 bits per heavy atom. The van der Waals surface area contributed by atoms with Gasteiger partial charge in [0.1, 0.15) is 5.82 Å². The van der Waals surface area contributed by atoms with Crippen molar-refractivity contribution in [2.75, 3.05) is 11.9 Å². The molecule has 0 saturated carbocycles. The summed E-state index contributed by atoms with van der Waals surface area (Å²) in [7, 11) is 0. The zero-order chi connectivity index (χ0) is 11.4. The molecule has 0 aliphatic rings. The van der Waals surface area contributed by atoms with E-state index in [0.29, 0.717) is 0 Å². The van der Waals surface area contributed by atoms with Gasteiger partial charge in [0.15, 0.2) is 0 Å². The van der Waals surface area contributed by atoms with Crippen molar-refractivity contribution in [1.29, 1.82) is 0 Å². The lowest BCUT2D eigenvalue weighted by molar-refractivity contribution is 0.950. The van der Waals surface area contributed by atoms with E-state index in [1.165, 1.54) is 8.66 Å². The van der Waals surface area contributed by atoms with Crippen LogP contribution in [-0.4, -0.2) is 16.7 Å². The van der Waals surface area contributed by atoms with Crippen LogP contribution >= 0.6 is 27.3 Å². The third-order valence-electron chi connectivity index (χ3n) is 2.10. The number of rotatable bonds is 4. The average Bonchev–Trinajstić information content (AvgIpc) is 2.67. The molecule has 2 heterocycles. The summed E-state index contributed by atoms with van der Waals surface area (Å²) in [6, 6.07) is 8.12. The lowest BCUT2D eigenvalue weighted by Crippen LogP contribution is -2.06. The first-order valence-electron chi connectivity index (χ1n) is 5.02. The first-order chi connectivity index (χ1) is 7.74.